The molecule has 0 unspecified atom stereocenters. The minimum Gasteiger partial charge on any atom is -0.481 e. The molecule has 9 nitrogen and oxygen atoms in total. The first-order valence-electron chi connectivity index (χ1n) is 13.4. The number of carbonyl (C=O) groups is 2. The largest absolute Gasteiger partial charge is 1.00 e. The van der Waals surface area contributed by atoms with Crippen molar-refractivity contribution in [1.82, 2.24) is 14.9 Å². The van der Waals surface area contributed by atoms with Crippen LogP contribution in [0.5, 0.6) is 0 Å². The van der Waals surface area contributed by atoms with Crippen molar-refractivity contribution in [3.8, 4) is 0 Å². The number of halogens is 3. The van der Waals surface area contributed by atoms with Crippen LogP contribution in [0, 0.1) is 6.07 Å². The molecule has 2 aromatic carbocycles. The monoisotopic (exact) mass is 593 g/mol. The van der Waals surface area contributed by atoms with Crippen molar-refractivity contribution < 1.29 is 51.5 Å². The number of benzene rings is 2. The molecule has 43 heavy (non-hydrogen) atoms. The zero-order valence-corrected chi connectivity index (χ0v) is 25.0. The third kappa shape index (κ3) is 11.8. The molecule has 4 rings (SSSR count). The zero-order valence-electron chi connectivity index (χ0n) is 25.0. The van der Waals surface area contributed by atoms with Gasteiger partial charge in [0.25, 0.3) is 5.97 Å². The van der Waals surface area contributed by atoms with Gasteiger partial charge in [0.2, 0.25) is 5.95 Å². The molecule has 13 heteroatoms. The third-order valence-corrected chi connectivity index (χ3v) is 6.00. The Kier molecular flexibility index (Phi) is 12.9. The molecule has 0 atom stereocenters. The number of carboxylic acid groups (broad SMARTS) is 1. The normalized spacial score (nSPS) is 13.3. The van der Waals surface area contributed by atoms with Crippen molar-refractivity contribution in [2.24, 2.45) is 0 Å². The molecule has 0 saturated carbocycles. The van der Waals surface area contributed by atoms with Gasteiger partial charge in [0.05, 0.1) is 11.3 Å². The molecule has 2 heterocycles. The van der Waals surface area contributed by atoms with Gasteiger partial charge >= 0.3 is 31.1 Å². The molecule has 0 spiro atoms. The summed E-state index contributed by atoms with van der Waals surface area (Å²) in [5.74, 6) is -0.733. The molecule has 226 valence electrons. The van der Waals surface area contributed by atoms with Crippen LogP contribution in [0.4, 0.5) is 35.3 Å². The van der Waals surface area contributed by atoms with Crippen LogP contribution in [-0.4, -0.2) is 63.8 Å². The minimum atomic E-state index is -4.54. The number of nitrogens with zero attached hydrogens (tertiary/aromatic N) is 4. The van der Waals surface area contributed by atoms with Crippen LogP contribution in [-0.2, 0) is 28.5 Å². The van der Waals surface area contributed by atoms with Crippen molar-refractivity contribution in [2.45, 2.75) is 52.3 Å². The number of hydrogen-bond acceptors (Lipinski definition) is 7. The number of piperazine rings is 1. The molecule has 1 aliphatic heterocycles. The number of amides is 1. The van der Waals surface area contributed by atoms with E-state index in [-0.39, 0.29) is 43.0 Å². The molecular weight excluding hydrogens is 558 g/mol. The second kappa shape index (κ2) is 15.6. The predicted molar refractivity (Wildman–Crippen MR) is 153 cm³/mol. The Bertz CT molecular complexity index is 1320. The van der Waals surface area contributed by atoms with Gasteiger partial charge in [-0.15, -0.1) is 0 Å². The van der Waals surface area contributed by atoms with Crippen LogP contribution in [0.15, 0.2) is 54.7 Å². The Labute approximate surface area is 261 Å². The van der Waals surface area contributed by atoms with Gasteiger partial charge in [0.1, 0.15) is 5.60 Å². The fourth-order valence-electron chi connectivity index (χ4n) is 4.10. The smallest absolute Gasteiger partial charge is 0.481 e. The van der Waals surface area contributed by atoms with E-state index in [1.165, 1.54) is 0 Å². The van der Waals surface area contributed by atoms with E-state index in [2.05, 4.69) is 26.3 Å². The van der Waals surface area contributed by atoms with Gasteiger partial charge in [0.15, 0.2) is 0 Å². The Morgan fingerprint density at radius 3 is 2.19 bits per heavy atom. The maximum atomic E-state index is 13.6. The molecule has 1 aliphatic rings. The summed E-state index contributed by atoms with van der Waals surface area (Å²) < 4.78 is 46.1. The zero-order chi connectivity index (χ0) is 30.9. The predicted octanol–water partition coefficient (Wildman–Crippen LogP) is 2.98. The number of aliphatic carboxylic acids is 1. The van der Waals surface area contributed by atoms with E-state index in [4.69, 9.17) is 14.6 Å². The van der Waals surface area contributed by atoms with Crippen molar-refractivity contribution in [3.63, 3.8) is 0 Å². The molecule has 0 aliphatic carbocycles. The molecule has 1 amide bonds. The average Bonchev–Trinajstić information content (AvgIpc) is 2.91. The molecule has 3 aromatic rings. The van der Waals surface area contributed by atoms with E-state index < -0.39 is 23.3 Å². The summed E-state index contributed by atoms with van der Waals surface area (Å²) in [6.07, 6.45) is -3.52. The SMILES string of the molecule is CC(=O)O.CC(C)(C)OC(=O)N1CCN(c2ccc(Nc3ncc(C(F)(F)F)c(CCc4[c-]cccc4)n3)cc2)CC1.[Li+]. The van der Waals surface area contributed by atoms with Crippen LogP contribution in [0.1, 0.15) is 44.5 Å². The number of carboxylic acids is 1. The Hall–Kier alpha value is -3.75. The summed E-state index contributed by atoms with van der Waals surface area (Å²) >= 11 is 0. The average molecular weight is 594 g/mol. The Balaban J connectivity index is 0.00000121. The first-order chi connectivity index (χ1) is 19.7. The second-order valence-corrected chi connectivity index (χ2v) is 10.6. The quantitative estimate of drug-likeness (QED) is 0.332. The van der Waals surface area contributed by atoms with Gasteiger partial charge in [-0.1, -0.05) is 0 Å². The number of hydrogen-bond donors (Lipinski definition) is 2. The van der Waals surface area contributed by atoms with Gasteiger partial charge in [-0.3, -0.25) is 4.79 Å². The number of carbonyl (C=O) groups excluding carboxylic acids is 1. The van der Waals surface area contributed by atoms with Crippen molar-refractivity contribution in [2.75, 3.05) is 36.4 Å². The number of aryl methyl sites for hydroxylation is 2. The van der Waals surface area contributed by atoms with Crippen LogP contribution in [0.3, 0.4) is 0 Å². The van der Waals surface area contributed by atoms with Crippen molar-refractivity contribution in [1.29, 1.82) is 0 Å². The fourth-order valence-corrected chi connectivity index (χ4v) is 4.10. The first-order valence-corrected chi connectivity index (χ1v) is 13.4. The summed E-state index contributed by atoms with van der Waals surface area (Å²) in [5, 5.41) is 10.4. The maximum Gasteiger partial charge on any atom is 1.00 e. The number of anilines is 3. The number of ether oxygens (including phenoxy) is 1. The second-order valence-electron chi connectivity index (χ2n) is 10.6. The Morgan fingerprint density at radius 1 is 1.02 bits per heavy atom. The topological polar surface area (TPSA) is 108 Å². The van der Waals surface area contributed by atoms with E-state index in [0.717, 1.165) is 24.4 Å². The summed E-state index contributed by atoms with van der Waals surface area (Å²) in [6.45, 7) is 9.05. The van der Waals surface area contributed by atoms with Gasteiger partial charge in [-0.2, -0.15) is 49.1 Å². The summed E-state index contributed by atoms with van der Waals surface area (Å²) in [4.78, 5) is 33.3. The molecule has 2 N–H and O–H groups in total. The van der Waals surface area contributed by atoms with Crippen LogP contribution in [0.25, 0.3) is 0 Å². The molecule has 0 radical (unpaired) electrons. The third-order valence-electron chi connectivity index (χ3n) is 6.00. The number of alkyl halides is 3. The van der Waals surface area contributed by atoms with Gasteiger partial charge in [-0.25, -0.2) is 14.8 Å². The summed E-state index contributed by atoms with van der Waals surface area (Å²) in [7, 11) is 0. The van der Waals surface area contributed by atoms with Gasteiger partial charge < -0.3 is 25.0 Å². The maximum absolute atomic E-state index is 13.6. The van der Waals surface area contributed by atoms with Gasteiger partial charge in [-0.05, 0) is 57.9 Å². The molecule has 1 aromatic heterocycles. The molecule has 1 fully saturated rings. The number of rotatable bonds is 6. The minimum absolute atomic E-state index is 0. The summed E-state index contributed by atoms with van der Waals surface area (Å²) in [6, 6.07) is 17.7. The van der Waals surface area contributed by atoms with Crippen molar-refractivity contribution >= 4 is 29.4 Å². The fraction of sp³-hybridized carbons (Fsp3) is 0.400. The van der Waals surface area contributed by atoms with Gasteiger partial charge in [0, 0.05) is 50.7 Å². The number of nitrogens with one attached hydrogen (secondary N) is 1. The molecule has 0 bridgehead atoms. The summed E-state index contributed by atoms with van der Waals surface area (Å²) in [5.41, 5.74) is 1.02. The van der Waals surface area contributed by atoms with E-state index >= 15 is 0 Å². The molecule has 1 saturated heterocycles. The van der Waals surface area contributed by atoms with Crippen LogP contribution >= 0.6 is 0 Å². The van der Waals surface area contributed by atoms with E-state index in [1.807, 2.05) is 63.2 Å². The number of aromatic nitrogens is 2. The Morgan fingerprint density at radius 2 is 1.65 bits per heavy atom. The first kappa shape index (κ1) is 35.4. The molecular formula is C30H35F3LiN5O4. The van der Waals surface area contributed by atoms with Crippen LogP contribution < -0.4 is 29.1 Å². The standard InChI is InChI=1S/C28H31F3N5O2.C2H4O2.Li/c1-27(2,3)38-26(37)36-17-15-35(16-18-36)22-12-10-21(11-13-22)33-25-32-19-23(28(29,30)31)24(34-25)14-9-20-7-5-4-6-8-20;1-2(3)4;/h4-7,10-13,19H,9,14-18H2,1-3H3,(H,32,33,34);1H3,(H,3,4);/q-1;;+1. The van der Waals surface area contributed by atoms with Crippen LogP contribution in [0.2, 0.25) is 0 Å². The van der Waals surface area contributed by atoms with E-state index in [1.54, 1.807) is 11.0 Å². The van der Waals surface area contributed by atoms with Crippen molar-refractivity contribution in [3.05, 3.63) is 77.6 Å². The van der Waals surface area contributed by atoms with E-state index in [9.17, 15) is 18.0 Å². The van der Waals surface area contributed by atoms with E-state index in [0.29, 0.717) is 38.3 Å².